The first kappa shape index (κ1) is 16.6. The molecule has 7 nitrogen and oxygen atoms in total. The van der Waals surface area contributed by atoms with Crippen molar-refractivity contribution in [2.45, 2.75) is 25.8 Å². The van der Waals surface area contributed by atoms with E-state index in [1.807, 2.05) is 25.1 Å². The second kappa shape index (κ2) is 7.19. The fourth-order valence-corrected chi connectivity index (χ4v) is 3.42. The fourth-order valence-electron chi connectivity index (χ4n) is 3.42. The number of aromatic nitrogens is 2. The number of nitrogens with one attached hydrogen (secondary N) is 1. The minimum Gasteiger partial charge on any atom is -0.454 e. The summed E-state index contributed by atoms with van der Waals surface area (Å²) in [4.78, 5) is 23.4. The van der Waals surface area contributed by atoms with Crippen molar-refractivity contribution in [2.75, 3.05) is 24.8 Å². The largest absolute Gasteiger partial charge is 0.454 e. The van der Waals surface area contributed by atoms with E-state index in [1.165, 1.54) is 0 Å². The molecule has 7 heteroatoms. The molecular formula is C19H22N4O3. The molecule has 0 bridgehead atoms. The van der Waals surface area contributed by atoms with Gasteiger partial charge in [-0.05, 0) is 43.5 Å². The maximum atomic E-state index is 12.8. The van der Waals surface area contributed by atoms with Crippen LogP contribution < -0.4 is 19.7 Å². The van der Waals surface area contributed by atoms with Crippen LogP contribution in [0, 0.1) is 5.92 Å². The zero-order valence-corrected chi connectivity index (χ0v) is 14.7. The highest BCUT2D eigenvalue weighted by molar-refractivity contribution is 5.80. The van der Waals surface area contributed by atoms with Gasteiger partial charge in [0.2, 0.25) is 18.6 Å². The Bertz CT molecular complexity index is 784. The van der Waals surface area contributed by atoms with Crippen LogP contribution in [0.15, 0.2) is 36.7 Å². The van der Waals surface area contributed by atoms with E-state index in [2.05, 4.69) is 20.2 Å². The Hall–Kier alpha value is -2.83. The summed E-state index contributed by atoms with van der Waals surface area (Å²) in [6, 6.07) is 7.47. The molecule has 1 fully saturated rings. The molecule has 4 rings (SSSR count). The zero-order chi connectivity index (χ0) is 17.9. The average molecular weight is 354 g/mol. The average Bonchev–Trinajstić information content (AvgIpc) is 3.16. The highest BCUT2D eigenvalue weighted by Gasteiger charge is 2.28. The predicted molar refractivity (Wildman–Crippen MR) is 96.1 cm³/mol. The van der Waals surface area contributed by atoms with Crippen molar-refractivity contribution in [3.8, 4) is 11.5 Å². The summed E-state index contributed by atoms with van der Waals surface area (Å²) in [6.45, 7) is 3.75. The minimum absolute atomic E-state index is 0.0656. The van der Waals surface area contributed by atoms with Crippen molar-refractivity contribution < 1.29 is 14.3 Å². The third-order valence-corrected chi connectivity index (χ3v) is 4.88. The topological polar surface area (TPSA) is 76.6 Å². The van der Waals surface area contributed by atoms with Crippen molar-refractivity contribution in [1.29, 1.82) is 0 Å². The molecule has 1 aromatic carbocycles. The summed E-state index contributed by atoms with van der Waals surface area (Å²) in [5, 5.41) is 3.13. The lowest BCUT2D eigenvalue weighted by atomic mass is 9.96. The SMILES string of the molecule is CC(NC(=O)C1CCCN(c2ncccn2)C1)c1ccc2c(c1)OCO2. The Morgan fingerprint density at radius 3 is 2.92 bits per heavy atom. The van der Waals surface area contributed by atoms with Gasteiger partial charge in [0, 0.05) is 25.5 Å². The Balaban J connectivity index is 1.39. The summed E-state index contributed by atoms with van der Waals surface area (Å²) < 4.78 is 10.8. The third-order valence-electron chi connectivity index (χ3n) is 4.88. The second-order valence-electron chi connectivity index (χ2n) is 6.68. The van der Waals surface area contributed by atoms with Gasteiger partial charge in [0.25, 0.3) is 0 Å². The molecule has 2 unspecified atom stereocenters. The fraction of sp³-hybridized carbons (Fsp3) is 0.421. The number of nitrogens with zero attached hydrogens (tertiary/aromatic N) is 3. The Morgan fingerprint density at radius 1 is 1.27 bits per heavy atom. The van der Waals surface area contributed by atoms with Crippen molar-refractivity contribution >= 4 is 11.9 Å². The van der Waals surface area contributed by atoms with Gasteiger partial charge >= 0.3 is 0 Å². The van der Waals surface area contributed by atoms with Gasteiger partial charge in [-0.15, -0.1) is 0 Å². The van der Waals surface area contributed by atoms with Gasteiger partial charge in [0.05, 0.1) is 12.0 Å². The van der Waals surface area contributed by atoms with Crippen LogP contribution in [-0.2, 0) is 4.79 Å². The maximum Gasteiger partial charge on any atom is 0.231 e. The van der Waals surface area contributed by atoms with Crippen LogP contribution in [0.2, 0.25) is 0 Å². The minimum atomic E-state index is -0.0969. The van der Waals surface area contributed by atoms with Crippen molar-refractivity contribution in [2.24, 2.45) is 5.92 Å². The van der Waals surface area contributed by atoms with Gasteiger partial charge in [0.15, 0.2) is 11.5 Å². The lowest BCUT2D eigenvalue weighted by Crippen LogP contribution is -2.44. The molecule has 3 heterocycles. The number of rotatable bonds is 4. The Labute approximate surface area is 152 Å². The van der Waals surface area contributed by atoms with E-state index in [1.54, 1.807) is 18.5 Å². The van der Waals surface area contributed by atoms with Crippen LogP contribution in [0.4, 0.5) is 5.95 Å². The van der Waals surface area contributed by atoms with Gasteiger partial charge in [-0.2, -0.15) is 0 Å². The lowest BCUT2D eigenvalue weighted by Gasteiger charge is -2.32. The highest BCUT2D eigenvalue weighted by atomic mass is 16.7. The monoisotopic (exact) mass is 354 g/mol. The van der Waals surface area contributed by atoms with Gasteiger partial charge in [-0.25, -0.2) is 9.97 Å². The first-order valence-electron chi connectivity index (χ1n) is 8.92. The molecule has 0 saturated carbocycles. The first-order chi connectivity index (χ1) is 12.7. The van der Waals surface area contributed by atoms with Crippen LogP contribution in [0.1, 0.15) is 31.4 Å². The first-order valence-corrected chi connectivity index (χ1v) is 8.92. The van der Waals surface area contributed by atoms with Crippen LogP contribution >= 0.6 is 0 Å². The van der Waals surface area contributed by atoms with Gasteiger partial charge in [0.1, 0.15) is 0 Å². The lowest BCUT2D eigenvalue weighted by molar-refractivity contribution is -0.125. The number of hydrogen-bond donors (Lipinski definition) is 1. The molecule has 1 amide bonds. The van der Waals surface area contributed by atoms with Crippen LogP contribution in [0.3, 0.4) is 0 Å². The van der Waals surface area contributed by atoms with Crippen molar-refractivity contribution in [3.63, 3.8) is 0 Å². The van der Waals surface area contributed by atoms with Crippen LogP contribution in [-0.4, -0.2) is 35.8 Å². The van der Waals surface area contributed by atoms with Gasteiger partial charge in [-0.3, -0.25) is 4.79 Å². The van der Waals surface area contributed by atoms with Gasteiger partial charge < -0.3 is 19.7 Å². The third kappa shape index (κ3) is 3.42. The maximum absolute atomic E-state index is 12.8. The van der Waals surface area contributed by atoms with E-state index in [4.69, 9.17) is 9.47 Å². The molecular weight excluding hydrogens is 332 g/mol. The molecule has 2 aromatic rings. The molecule has 2 aliphatic heterocycles. The Morgan fingerprint density at radius 2 is 2.08 bits per heavy atom. The molecule has 26 heavy (non-hydrogen) atoms. The number of piperidine rings is 1. The molecule has 1 N–H and O–H groups in total. The molecule has 0 radical (unpaired) electrons. The molecule has 0 spiro atoms. The Kier molecular flexibility index (Phi) is 4.60. The summed E-state index contributed by atoms with van der Waals surface area (Å²) in [7, 11) is 0. The van der Waals surface area contributed by atoms with E-state index in [9.17, 15) is 4.79 Å². The van der Waals surface area contributed by atoms with Gasteiger partial charge in [-0.1, -0.05) is 6.07 Å². The van der Waals surface area contributed by atoms with Crippen LogP contribution in [0.25, 0.3) is 0 Å². The number of carbonyl (C=O) groups excluding carboxylic acids is 1. The summed E-state index contributed by atoms with van der Waals surface area (Å²) in [6.07, 6.45) is 5.29. The number of benzene rings is 1. The predicted octanol–water partition coefficient (Wildman–Crippen LogP) is 2.30. The molecule has 1 saturated heterocycles. The normalized spacial score (nSPS) is 19.9. The second-order valence-corrected chi connectivity index (χ2v) is 6.68. The number of carbonyl (C=O) groups is 1. The highest BCUT2D eigenvalue weighted by Crippen LogP contribution is 2.34. The quantitative estimate of drug-likeness (QED) is 0.908. The number of anilines is 1. The molecule has 0 aliphatic carbocycles. The van der Waals surface area contributed by atoms with Crippen molar-refractivity contribution in [1.82, 2.24) is 15.3 Å². The van der Waals surface area contributed by atoms with E-state index in [0.717, 1.165) is 36.4 Å². The zero-order valence-electron chi connectivity index (χ0n) is 14.7. The van der Waals surface area contributed by atoms with E-state index in [-0.39, 0.29) is 24.7 Å². The summed E-state index contributed by atoms with van der Waals surface area (Å²) in [5.41, 5.74) is 1.00. The molecule has 2 aliphatic rings. The number of fused-ring (bicyclic) bond motifs is 1. The molecule has 1 aromatic heterocycles. The molecule has 2 atom stereocenters. The summed E-state index contributed by atoms with van der Waals surface area (Å²) in [5.74, 6) is 2.17. The van der Waals surface area contributed by atoms with E-state index >= 15 is 0 Å². The number of ether oxygens (including phenoxy) is 2. The van der Waals surface area contributed by atoms with Crippen LogP contribution in [0.5, 0.6) is 11.5 Å². The standard InChI is InChI=1S/C19H22N4O3/c1-13(14-5-6-16-17(10-14)26-12-25-16)22-18(24)15-4-2-9-23(11-15)19-20-7-3-8-21-19/h3,5-8,10,13,15H,2,4,9,11-12H2,1H3,(H,22,24). The number of amides is 1. The smallest absolute Gasteiger partial charge is 0.231 e. The van der Waals surface area contributed by atoms with Crippen molar-refractivity contribution in [3.05, 3.63) is 42.2 Å². The summed E-state index contributed by atoms with van der Waals surface area (Å²) >= 11 is 0. The number of hydrogen-bond acceptors (Lipinski definition) is 6. The van der Waals surface area contributed by atoms with E-state index in [0.29, 0.717) is 12.5 Å². The molecule has 136 valence electrons. The van der Waals surface area contributed by atoms with E-state index < -0.39 is 0 Å².